The summed E-state index contributed by atoms with van der Waals surface area (Å²) in [5.41, 5.74) is 2.18. The molecule has 1 unspecified atom stereocenters. The molecule has 1 fully saturated rings. The second-order valence-corrected chi connectivity index (χ2v) is 5.26. The maximum absolute atomic E-state index is 11.8. The SMILES string of the molecule is Cc1cccc(CNC(=O)C2CNC(=O)C2)c1Br. The normalized spacial score (nSPS) is 18.6. The molecule has 0 saturated carbocycles. The van der Waals surface area contributed by atoms with Crippen molar-refractivity contribution in [1.82, 2.24) is 10.6 Å². The van der Waals surface area contributed by atoms with E-state index in [1.165, 1.54) is 0 Å². The highest BCUT2D eigenvalue weighted by atomic mass is 79.9. The number of carbonyl (C=O) groups excluding carboxylic acids is 2. The molecule has 4 nitrogen and oxygen atoms in total. The monoisotopic (exact) mass is 310 g/mol. The van der Waals surface area contributed by atoms with Gasteiger partial charge in [-0.25, -0.2) is 0 Å². The molecule has 0 aromatic heterocycles. The number of halogens is 1. The molecule has 1 atom stereocenters. The summed E-state index contributed by atoms with van der Waals surface area (Å²) >= 11 is 3.51. The van der Waals surface area contributed by atoms with E-state index in [0.29, 0.717) is 19.5 Å². The number of aryl methyl sites for hydroxylation is 1. The first-order valence-electron chi connectivity index (χ1n) is 5.86. The van der Waals surface area contributed by atoms with Gasteiger partial charge in [-0.15, -0.1) is 0 Å². The van der Waals surface area contributed by atoms with Crippen molar-refractivity contribution in [1.29, 1.82) is 0 Å². The van der Waals surface area contributed by atoms with Crippen molar-refractivity contribution < 1.29 is 9.59 Å². The molecule has 2 N–H and O–H groups in total. The second kappa shape index (κ2) is 5.52. The lowest BCUT2D eigenvalue weighted by molar-refractivity contribution is -0.126. The second-order valence-electron chi connectivity index (χ2n) is 4.47. The molecule has 96 valence electrons. The Labute approximate surface area is 114 Å². The summed E-state index contributed by atoms with van der Waals surface area (Å²) in [6, 6.07) is 5.94. The zero-order chi connectivity index (χ0) is 13.1. The van der Waals surface area contributed by atoms with E-state index in [-0.39, 0.29) is 17.7 Å². The maximum atomic E-state index is 11.8. The Balaban J connectivity index is 1.93. The first-order valence-corrected chi connectivity index (χ1v) is 6.65. The van der Waals surface area contributed by atoms with E-state index in [0.717, 1.165) is 15.6 Å². The molecule has 0 radical (unpaired) electrons. The Morgan fingerprint density at radius 3 is 3.00 bits per heavy atom. The van der Waals surface area contributed by atoms with Gasteiger partial charge in [0.15, 0.2) is 0 Å². The predicted molar refractivity (Wildman–Crippen MR) is 71.8 cm³/mol. The van der Waals surface area contributed by atoms with Gasteiger partial charge < -0.3 is 10.6 Å². The molecule has 0 bridgehead atoms. The minimum Gasteiger partial charge on any atom is -0.355 e. The molecule has 2 rings (SSSR count). The molecule has 1 aromatic rings. The molecule has 1 aliphatic rings. The Kier molecular flexibility index (Phi) is 4.01. The van der Waals surface area contributed by atoms with Crippen molar-refractivity contribution in [2.24, 2.45) is 5.92 Å². The molecule has 5 heteroatoms. The third-order valence-electron chi connectivity index (χ3n) is 3.07. The van der Waals surface area contributed by atoms with Crippen LogP contribution in [0, 0.1) is 12.8 Å². The van der Waals surface area contributed by atoms with Gasteiger partial charge in [-0.3, -0.25) is 9.59 Å². The van der Waals surface area contributed by atoms with E-state index in [1.807, 2.05) is 25.1 Å². The summed E-state index contributed by atoms with van der Waals surface area (Å²) in [7, 11) is 0. The van der Waals surface area contributed by atoms with Crippen LogP contribution in [0.1, 0.15) is 17.5 Å². The summed E-state index contributed by atoms with van der Waals surface area (Å²) in [5, 5.41) is 5.53. The zero-order valence-electron chi connectivity index (χ0n) is 10.1. The average molecular weight is 311 g/mol. The topological polar surface area (TPSA) is 58.2 Å². The summed E-state index contributed by atoms with van der Waals surface area (Å²) in [4.78, 5) is 22.9. The lowest BCUT2D eigenvalue weighted by Crippen LogP contribution is -2.31. The fourth-order valence-electron chi connectivity index (χ4n) is 1.96. The molecule has 1 aromatic carbocycles. The molecular formula is C13H15BrN2O2. The first-order chi connectivity index (χ1) is 8.58. The van der Waals surface area contributed by atoms with Crippen LogP contribution in [0.2, 0.25) is 0 Å². The Morgan fingerprint density at radius 1 is 1.56 bits per heavy atom. The van der Waals surface area contributed by atoms with E-state index in [2.05, 4.69) is 26.6 Å². The van der Waals surface area contributed by atoms with Crippen LogP contribution in [-0.2, 0) is 16.1 Å². The van der Waals surface area contributed by atoms with E-state index >= 15 is 0 Å². The number of hydrogen-bond acceptors (Lipinski definition) is 2. The van der Waals surface area contributed by atoms with E-state index in [9.17, 15) is 9.59 Å². The van der Waals surface area contributed by atoms with Crippen molar-refractivity contribution >= 4 is 27.7 Å². The number of nitrogens with one attached hydrogen (secondary N) is 2. The number of rotatable bonds is 3. The van der Waals surface area contributed by atoms with E-state index in [1.54, 1.807) is 0 Å². The fraction of sp³-hybridized carbons (Fsp3) is 0.385. The van der Waals surface area contributed by atoms with Crippen LogP contribution >= 0.6 is 15.9 Å². The highest BCUT2D eigenvalue weighted by molar-refractivity contribution is 9.10. The van der Waals surface area contributed by atoms with Crippen LogP contribution < -0.4 is 10.6 Å². The number of benzene rings is 1. The van der Waals surface area contributed by atoms with Crippen molar-refractivity contribution in [3.05, 3.63) is 33.8 Å². The van der Waals surface area contributed by atoms with Gasteiger partial charge in [0.05, 0.1) is 5.92 Å². The summed E-state index contributed by atoms with van der Waals surface area (Å²) in [5.74, 6) is -0.352. The molecule has 1 saturated heterocycles. The smallest absolute Gasteiger partial charge is 0.225 e. The van der Waals surface area contributed by atoms with Gasteiger partial charge in [-0.2, -0.15) is 0 Å². The van der Waals surface area contributed by atoms with Gasteiger partial charge in [-0.05, 0) is 18.1 Å². The third kappa shape index (κ3) is 2.90. The third-order valence-corrected chi connectivity index (χ3v) is 4.21. The molecule has 2 amide bonds. The van der Waals surface area contributed by atoms with E-state index < -0.39 is 0 Å². The van der Waals surface area contributed by atoms with Crippen LogP contribution in [0.3, 0.4) is 0 Å². The van der Waals surface area contributed by atoms with Crippen molar-refractivity contribution in [3.63, 3.8) is 0 Å². The van der Waals surface area contributed by atoms with Gasteiger partial charge in [-0.1, -0.05) is 34.1 Å². The average Bonchev–Trinajstić information content (AvgIpc) is 2.77. The lowest BCUT2D eigenvalue weighted by atomic mass is 10.1. The summed E-state index contributed by atoms with van der Waals surface area (Å²) in [6.07, 6.45) is 0.292. The number of amides is 2. The minimum absolute atomic E-state index is 0.0492. The van der Waals surface area contributed by atoms with Crippen LogP contribution in [0.5, 0.6) is 0 Å². The lowest BCUT2D eigenvalue weighted by Gasteiger charge is -2.11. The van der Waals surface area contributed by atoms with Gasteiger partial charge in [0.1, 0.15) is 0 Å². The van der Waals surface area contributed by atoms with Crippen LogP contribution in [0.25, 0.3) is 0 Å². The minimum atomic E-state index is -0.235. The summed E-state index contributed by atoms with van der Waals surface area (Å²) < 4.78 is 1.02. The largest absolute Gasteiger partial charge is 0.355 e. The van der Waals surface area contributed by atoms with Gasteiger partial charge in [0, 0.05) is 24.0 Å². The highest BCUT2D eigenvalue weighted by Crippen LogP contribution is 2.21. The first kappa shape index (κ1) is 13.1. The molecule has 1 aliphatic heterocycles. The summed E-state index contributed by atoms with van der Waals surface area (Å²) in [6.45, 7) is 2.93. The molecule has 0 aliphatic carbocycles. The fourth-order valence-corrected chi connectivity index (χ4v) is 2.37. The van der Waals surface area contributed by atoms with Crippen molar-refractivity contribution in [2.45, 2.75) is 19.9 Å². The van der Waals surface area contributed by atoms with E-state index in [4.69, 9.17) is 0 Å². The Hall–Kier alpha value is -1.36. The molecule has 1 heterocycles. The number of carbonyl (C=O) groups is 2. The van der Waals surface area contributed by atoms with Crippen LogP contribution in [-0.4, -0.2) is 18.4 Å². The molecular weight excluding hydrogens is 296 g/mol. The molecule has 18 heavy (non-hydrogen) atoms. The quantitative estimate of drug-likeness (QED) is 0.889. The Bertz CT molecular complexity index is 488. The zero-order valence-corrected chi connectivity index (χ0v) is 11.7. The van der Waals surface area contributed by atoms with Crippen LogP contribution in [0.4, 0.5) is 0 Å². The molecule has 0 spiro atoms. The van der Waals surface area contributed by atoms with Crippen molar-refractivity contribution in [2.75, 3.05) is 6.54 Å². The standard InChI is InChI=1S/C13H15BrN2O2/c1-8-3-2-4-9(12(8)14)6-16-13(18)10-5-11(17)15-7-10/h2-4,10H,5-7H2,1H3,(H,15,17)(H,16,18). The predicted octanol–water partition coefficient (Wildman–Crippen LogP) is 1.51. The van der Waals surface area contributed by atoms with Gasteiger partial charge >= 0.3 is 0 Å². The number of hydrogen-bond donors (Lipinski definition) is 2. The van der Waals surface area contributed by atoms with Crippen molar-refractivity contribution in [3.8, 4) is 0 Å². The van der Waals surface area contributed by atoms with Gasteiger partial charge in [0.25, 0.3) is 0 Å². The highest BCUT2D eigenvalue weighted by Gasteiger charge is 2.27. The maximum Gasteiger partial charge on any atom is 0.225 e. The van der Waals surface area contributed by atoms with Crippen LogP contribution in [0.15, 0.2) is 22.7 Å². The Morgan fingerprint density at radius 2 is 2.33 bits per heavy atom. The van der Waals surface area contributed by atoms with Gasteiger partial charge in [0.2, 0.25) is 11.8 Å².